The first-order valence-corrected chi connectivity index (χ1v) is 6.13. The molecule has 6 nitrogen and oxygen atoms in total. The zero-order valence-corrected chi connectivity index (χ0v) is 11.5. The molecule has 0 saturated heterocycles. The molecule has 0 aliphatic carbocycles. The Kier molecular flexibility index (Phi) is 5.44. The van der Waals surface area contributed by atoms with Crippen LogP contribution in [0.1, 0.15) is 13.8 Å². The van der Waals surface area contributed by atoms with Crippen LogP contribution in [0.3, 0.4) is 0 Å². The number of anilines is 1. The average Bonchev–Trinajstić information content (AvgIpc) is 2.37. The summed E-state index contributed by atoms with van der Waals surface area (Å²) in [6.45, 7) is 3.69. The van der Waals surface area contributed by atoms with Gasteiger partial charge in [-0.15, -0.1) is 0 Å². The van der Waals surface area contributed by atoms with Crippen LogP contribution >= 0.6 is 11.6 Å². The number of carbonyl (C=O) groups excluding carboxylic acids is 1. The van der Waals surface area contributed by atoms with Gasteiger partial charge in [0, 0.05) is 0 Å². The number of hydrogen-bond acceptors (Lipinski definition) is 3. The molecular formula is C12H17ClN4O2. The number of nitrogens with zero attached hydrogens (tertiary/aromatic N) is 1. The van der Waals surface area contributed by atoms with Crippen LogP contribution in [-0.2, 0) is 0 Å². The zero-order valence-electron chi connectivity index (χ0n) is 10.7. The summed E-state index contributed by atoms with van der Waals surface area (Å²) in [5, 5.41) is 17.2. The van der Waals surface area contributed by atoms with Crippen molar-refractivity contribution in [2.24, 2.45) is 16.8 Å². The van der Waals surface area contributed by atoms with E-state index in [4.69, 9.17) is 22.5 Å². The molecule has 104 valence electrons. The summed E-state index contributed by atoms with van der Waals surface area (Å²) in [7, 11) is 0. The van der Waals surface area contributed by atoms with Gasteiger partial charge in [0.05, 0.1) is 16.8 Å². The van der Waals surface area contributed by atoms with Gasteiger partial charge in [-0.1, -0.05) is 42.7 Å². The van der Waals surface area contributed by atoms with Gasteiger partial charge in [-0.25, -0.2) is 4.79 Å². The van der Waals surface area contributed by atoms with Crippen LogP contribution in [0.2, 0.25) is 5.02 Å². The van der Waals surface area contributed by atoms with Crippen molar-refractivity contribution in [1.29, 1.82) is 0 Å². The number of nitrogens with two attached hydrogens (primary N) is 1. The molecule has 0 heterocycles. The number of rotatable bonds is 4. The average molecular weight is 285 g/mol. The molecule has 2 amide bonds. The number of urea groups is 1. The lowest BCUT2D eigenvalue weighted by Gasteiger charge is -2.21. The van der Waals surface area contributed by atoms with Gasteiger partial charge in [0.1, 0.15) is 0 Å². The second kappa shape index (κ2) is 6.84. The Labute approximate surface area is 116 Å². The van der Waals surface area contributed by atoms with Crippen LogP contribution < -0.4 is 16.4 Å². The summed E-state index contributed by atoms with van der Waals surface area (Å²) >= 11 is 5.93. The molecule has 0 spiro atoms. The largest absolute Gasteiger partial charge is 0.409 e. The number of halogens is 1. The van der Waals surface area contributed by atoms with E-state index in [0.717, 1.165) is 0 Å². The normalized spacial score (nSPS) is 13.2. The van der Waals surface area contributed by atoms with Gasteiger partial charge in [-0.05, 0) is 18.1 Å². The van der Waals surface area contributed by atoms with E-state index in [1.54, 1.807) is 24.3 Å². The van der Waals surface area contributed by atoms with E-state index >= 15 is 0 Å². The molecule has 0 radical (unpaired) electrons. The summed E-state index contributed by atoms with van der Waals surface area (Å²) in [6.07, 6.45) is 0. The number of amidine groups is 1. The summed E-state index contributed by atoms with van der Waals surface area (Å²) in [5.41, 5.74) is 6.01. The van der Waals surface area contributed by atoms with Crippen molar-refractivity contribution in [3.8, 4) is 0 Å². The molecular weight excluding hydrogens is 268 g/mol. The predicted molar refractivity (Wildman–Crippen MR) is 75.6 cm³/mol. The molecule has 5 N–H and O–H groups in total. The highest BCUT2D eigenvalue weighted by atomic mass is 35.5. The Morgan fingerprint density at radius 1 is 1.42 bits per heavy atom. The molecule has 7 heteroatoms. The van der Waals surface area contributed by atoms with E-state index in [-0.39, 0.29) is 11.8 Å². The van der Waals surface area contributed by atoms with E-state index in [1.165, 1.54) is 0 Å². The summed E-state index contributed by atoms with van der Waals surface area (Å²) in [4.78, 5) is 11.8. The molecule has 1 atom stereocenters. The molecule has 0 saturated carbocycles. The third-order valence-corrected chi connectivity index (χ3v) is 2.84. The van der Waals surface area contributed by atoms with Gasteiger partial charge in [-0.2, -0.15) is 0 Å². The monoisotopic (exact) mass is 284 g/mol. The van der Waals surface area contributed by atoms with Crippen molar-refractivity contribution >= 4 is 29.2 Å². The maximum atomic E-state index is 11.8. The van der Waals surface area contributed by atoms with Crippen molar-refractivity contribution in [3.63, 3.8) is 0 Å². The number of nitrogens with one attached hydrogen (secondary N) is 2. The lowest BCUT2D eigenvalue weighted by molar-refractivity contribution is 0.248. The van der Waals surface area contributed by atoms with Gasteiger partial charge < -0.3 is 21.6 Å². The molecule has 1 aromatic rings. The van der Waals surface area contributed by atoms with E-state index in [2.05, 4.69) is 15.8 Å². The second-order valence-electron chi connectivity index (χ2n) is 4.32. The lowest BCUT2D eigenvalue weighted by Crippen LogP contribution is -2.49. The Morgan fingerprint density at radius 3 is 2.58 bits per heavy atom. The molecule has 1 rings (SSSR count). The fraction of sp³-hybridized carbons (Fsp3) is 0.333. The molecule has 0 aromatic heterocycles. The second-order valence-corrected chi connectivity index (χ2v) is 4.73. The third kappa shape index (κ3) is 4.33. The third-order valence-electron chi connectivity index (χ3n) is 2.51. The van der Waals surface area contributed by atoms with Crippen LogP contribution in [0.15, 0.2) is 29.4 Å². The highest BCUT2D eigenvalue weighted by Crippen LogP contribution is 2.20. The first-order valence-electron chi connectivity index (χ1n) is 5.75. The smallest absolute Gasteiger partial charge is 0.319 e. The Balaban J connectivity index is 2.71. The highest BCUT2D eigenvalue weighted by Gasteiger charge is 2.20. The lowest BCUT2D eigenvalue weighted by atomic mass is 10.0. The van der Waals surface area contributed by atoms with Crippen LogP contribution in [0.25, 0.3) is 0 Å². The Hall–Kier alpha value is -1.95. The predicted octanol–water partition coefficient (Wildman–Crippen LogP) is 2.23. The quantitative estimate of drug-likeness (QED) is 0.295. The molecule has 19 heavy (non-hydrogen) atoms. The van der Waals surface area contributed by atoms with Crippen molar-refractivity contribution in [3.05, 3.63) is 29.3 Å². The van der Waals surface area contributed by atoms with E-state index in [0.29, 0.717) is 10.7 Å². The number of hydrogen-bond donors (Lipinski definition) is 4. The number of carbonyl (C=O) groups is 1. The van der Waals surface area contributed by atoms with Crippen LogP contribution in [0, 0.1) is 5.92 Å². The van der Waals surface area contributed by atoms with Crippen molar-refractivity contribution in [2.45, 2.75) is 19.9 Å². The zero-order chi connectivity index (χ0) is 14.4. The number of oxime groups is 1. The van der Waals surface area contributed by atoms with Crippen LogP contribution in [-0.4, -0.2) is 23.1 Å². The minimum Gasteiger partial charge on any atom is -0.409 e. The van der Waals surface area contributed by atoms with Crippen molar-refractivity contribution in [2.75, 3.05) is 5.32 Å². The van der Waals surface area contributed by atoms with E-state index < -0.39 is 12.1 Å². The summed E-state index contributed by atoms with van der Waals surface area (Å²) in [5.74, 6) is -0.0720. The van der Waals surface area contributed by atoms with Crippen molar-refractivity contribution < 1.29 is 10.0 Å². The molecule has 0 aliphatic rings. The standard InChI is InChI=1S/C12H17ClN4O2/c1-7(2)10(11(14)17-19)16-12(18)15-9-6-4-3-5-8(9)13/h3-7,10,19H,1-2H3,(H2,14,17)(H2,15,16,18). The number of amides is 2. The van der Waals surface area contributed by atoms with E-state index in [1.807, 2.05) is 13.8 Å². The van der Waals surface area contributed by atoms with Gasteiger partial charge in [0.2, 0.25) is 0 Å². The Morgan fingerprint density at radius 2 is 2.05 bits per heavy atom. The first-order chi connectivity index (χ1) is 8.95. The fourth-order valence-corrected chi connectivity index (χ4v) is 1.69. The van der Waals surface area contributed by atoms with Gasteiger partial charge >= 0.3 is 6.03 Å². The number of para-hydroxylation sites is 1. The molecule has 0 fully saturated rings. The fourth-order valence-electron chi connectivity index (χ4n) is 1.51. The van der Waals surface area contributed by atoms with Crippen molar-refractivity contribution in [1.82, 2.24) is 5.32 Å². The first kappa shape index (κ1) is 15.1. The molecule has 1 aromatic carbocycles. The number of benzene rings is 1. The van der Waals surface area contributed by atoms with Crippen LogP contribution in [0.5, 0.6) is 0 Å². The minimum absolute atomic E-state index is 0.0205. The molecule has 1 unspecified atom stereocenters. The summed E-state index contributed by atoms with van der Waals surface area (Å²) < 4.78 is 0. The maximum Gasteiger partial charge on any atom is 0.319 e. The van der Waals surface area contributed by atoms with E-state index in [9.17, 15) is 4.79 Å². The summed E-state index contributed by atoms with van der Waals surface area (Å²) in [6, 6.07) is 5.83. The van der Waals surface area contributed by atoms with Gasteiger partial charge in [0.15, 0.2) is 5.84 Å². The Bertz CT molecular complexity index is 477. The minimum atomic E-state index is -0.563. The topological polar surface area (TPSA) is 99.7 Å². The van der Waals surface area contributed by atoms with Gasteiger partial charge in [0.25, 0.3) is 0 Å². The van der Waals surface area contributed by atoms with Crippen LogP contribution in [0.4, 0.5) is 10.5 Å². The maximum absolute atomic E-state index is 11.8. The highest BCUT2D eigenvalue weighted by molar-refractivity contribution is 6.33. The van der Waals surface area contributed by atoms with Gasteiger partial charge in [-0.3, -0.25) is 0 Å². The molecule has 0 aliphatic heterocycles. The SMILES string of the molecule is CC(C)C(NC(=O)Nc1ccccc1Cl)C(N)=NO. The molecule has 0 bridgehead atoms.